The minimum Gasteiger partial charge on any atom is -0.369 e. The summed E-state index contributed by atoms with van der Waals surface area (Å²) >= 11 is 0. The predicted octanol–water partition coefficient (Wildman–Crippen LogP) is 2.87. The Morgan fingerprint density at radius 2 is 1.88 bits per heavy atom. The number of rotatable bonds is 9. The van der Waals surface area contributed by atoms with Crippen LogP contribution in [-0.4, -0.2) is 47.0 Å². The predicted molar refractivity (Wildman–Crippen MR) is 97.3 cm³/mol. The average molecular weight is 327 g/mol. The van der Waals surface area contributed by atoms with Crippen molar-refractivity contribution in [2.24, 2.45) is 0 Å². The van der Waals surface area contributed by atoms with Crippen LogP contribution in [0.1, 0.15) is 30.6 Å². The average Bonchev–Trinajstić information content (AvgIpc) is 2.63. The van der Waals surface area contributed by atoms with E-state index in [4.69, 9.17) is 0 Å². The van der Waals surface area contributed by atoms with Crippen molar-refractivity contribution in [2.45, 2.75) is 20.3 Å². The number of hydrogen-bond acceptors (Lipinski definition) is 5. The van der Waals surface area contributed by atoms with Gasteiger partial charge >= 0.3 is 0 Å². The third-order valence-corrected chi connectivity index (χ3v) is 3.83. The van der Waals surface area contributed by atoms with Gasteiger partial charge in [-0.3, -0.25) is 9.78 Å². The van der Waals surface area contributed by atoms with Gasteiger partial charge in [0.1, 0.15) is 5.82 Å². The second-order valence-electron chi connectivity index (χ2n) is 5.40. The number of pyridine rings is 2. The van der Waals surface area contributed by atoms with E-state index in [2.05, 4.69) is 39.3 Å². The van der Waals surface area contributed by atoms with Gasteiger partial charge < -0.3 is 15.5 Å². The molecular formula is C18H25N5O. The highest BCUT2D eigenvalue weighted by Gasteiger charge is 2.12. The van der Waals surface area contributed by atoms with Crippen LogP contribution in [0.4, 0.5) is 11.5 Å². The molecule has 0 spiro atoms. The molecule has 2 N–H and O–H groups in total. The molecule has 0 radical (unpaired) electrons. The Hall–Kier alpha value is -2.47. The van der Waals surface area contributed by atoms with Crippen molar-refractivity contribution in [3.05, 3.63) is 48.4 Å². The van der Waals surface area contributed by atoms with Crippen LogP contribution < -0.4 is 10.6 Å². The fourth-order valence-corrected chi connectivity index (χ4v) is 2.41. The van der Waals surface area contributed by atoms with Crippen molar-refractivity contribution in [2.75, 3.05) is 36.8 Å². The number of nitrogens with zero attached hydrogens (tertiary/aromatic N) is 3. The molecule has 2 aromatic rings. The van der Waals surface area contributed by atoms with Crippen LogP contribution in [0.2, 0.25) is 0 Å². The van der Waals surface area contributed by atoms with Gasteiger partial charge in [-0.1, -0.05) is 13.8 Å². The lowest BCUT2D eigenvalue weighted by Crippen LogP contribution is -2.25. The number of aromatic nitrogens is 2. The van der Waals surface area contributed by atoms with E-state index in [1.807, 2.05) is 0 Å². The molecule has 0 unspecified atom stereocenters. The number of anilines is 2. The third-order valence-electron chi connectivity index (χ3n) is 3.83. The number of carbonyl (C=O) groups is 1. The van der Waals surface area contributed by atoms with Gasteiger partial charge in [0.25, 0.3) is 5.91 Å². The van der Waals surface area contributed by atoms with Crippen LogP contribution in [0.25, 0.3) is 0 Å². The zero-order chi connectivity index (χ0) is 17.2. The maximum atomic E-state index is 12.4. The van der Waals surface area contributed by atoms with Crippen molar-refractivity contribution in [3.8, 4) is 0 Å². The highest BCUT2D eigenvalue weighted by molar-refractivity contribution is 6.07. The topological polar surface area (TPSA) is 70.2 Å². The highest BCUT2D eigenvalue weighted by atomic mass is 16.1. The van der Waals surface area contributed by atoms with E-state index in [1.54, 1.807) is 42.9 Å². The quantitative estimate of drug-likeness (QED) is 0.693. The van der Waals surface area contributed by atoms with Crippen LogP contribution in [0.5, 0.6) is 0 Å². The lowest BCUT2D eigenvalue weighted by atomic mass is 10.2. The third kappa shape index (κ3) is 5.31. The molecule has 128 valence electrons. The minimum atomic E-state index is -0.180. The summed E-state index contributed by atoms with van der Waals surface area (Å²) in [5.74, 6) is 0.434. The molecule has 0 aliphatic heterocycles. The maximum absolute atomic E-state index is 12.4. The number of nitrogens with one attached hydrogen (secondary N) is 2. The van der Waals surface area contributed by atoms with E-state index >= 15 is 0 Å². The molecule has 6 heteroatoms. The highest BCUT2D eigenvalue weighted by Crippen LogP contribution is 2.14. The monoisotopic (exact) mass is 327 g/mol. The summed E-state index contributed by atoms with van der Waals surface area (Å²) < 4.78 is 0. The molecule has 2 rings (SSSR count). The molecule has 0 aliphatic rings. The zero-order valence-corrected chi connectivity index (χ0v) is 14.3. The molecular weight excluding hydrogens is 302 g/mol. The van der Waals surface area contributed by atoms with Crippen LogP contribution in [0.15, 0.2) is 42.9 Å². The Morgan fingerprint density at radius 1 is 1.12 bits per heavy atom. The molecule has 0 fully saturated rings. The lowest BCUT2D eigenvalue weighted by molar-refractivity contribution is 0.102. The fraction of sp³-hybridized carbons (Fsp3) is 0.389. The van der Waals surface area contributed by atoms with Gasteiger partial charge in [-0.25, -0.2) is 4.98 Å². The standard InChI is InChI=1S/C18H25N5O/c1-3-23(4-2)14-6-11-21-17-16(7-5-10-20-17)18(24)22-15-8-12-19-13-9-15/h5,7-10,12-13H,3-4,6,11,14H2,1-2H3,(H,20,21)(H,19,22,24). The molecule has 0 aromatic carbocycles. The summed E-state index contributed by atoms with van der Waals surface area (Å²) in [4.78, 5) is 23.1. The van der Waals surface area contributed by atoms with Crippen molar-refractivity contribution in [3.63, 3.8) is 0 Å². The second kappa shape index (κ2) is 9.62. The normalized spacial score (nSPS) is 10.6. The van der Waals surface area contributed by atoms with Crippen LogP contribution in [-0.2, 0) is 0 Å². The summed E-state index contributed by atoms with van der Waals surface area (Å²) in [5.41, 5.74) is 1.25. The number of hydrogen-bond donors (Lipinski definition) is 2. The second-order valence-corrected chi connectivity index (χ2v) is 5.40. The summed E-state index contributed by atoms with van der Waals surface area (Å²) in [6.07, 6.45) is 5.98. The Labute approximate surface area is 143 Å². The molecule has 1 amide bonds. The minimum absolute atomic E-state index is 0.180. The van der Waals surface area contributed by atoms with Gasteiger partial charge in [-0.2, -0.15) is 0 Å². The first kappa shape index (κ1) is 17.9. The van der Waals surface area contributed by atoms with Crippen molar-refractivity contribution in [1.82, 2.24) is 14.9 Å². The van der Waals surface area contributed by atoms with Crippen LogP contribution >= 0.6 is 0 Å². The fourth-order valence-electron chi connectivity index (χ4n) is 2.41. The Balaban J connectivity index is 1.93. The first-order valence-corrected chi connectivity index (χ1v) is 8.37. The van der Waals surface area contributed by atoms with Gasteiger partial charge in [0.15, 0.2) is 0 Å². The molecule has 6 nitrogen and oxygen atoms in total. The molecule has 0 bridgehead atoms. The van der Waals surface area contributed by atoms with Crippen molar-refractivity contribution >= 4 is 17.4 Å². The Morgan fingerprint density at radius 3 is 2.58 bits per heavy atom. The van der Waals surface area contributed by atoms with Gasteiger partial charge in [0, 0.05) is 30.8 Å². The van der Waals surface area contributed by atoms with Gasteiger partial charge in [0.05, 0.1) is 5.56 Å². The first-order valence-electron chi connectivity index (χ1n) is 8.37. The molecule has 24 heavy (non-hydrogen) atoms. The molecule has 0 saturated carbocycles. The number of amides is 1. The molecule has 0 aliphatic carbocycles. The molecule has 2 aromatic heterocycles. The van der Waals surface area contributed by atoms with Gasteiger partial charge in [-0.15, -0.1) is 0 Å². The molecule has 0 atom stereocenters. The van der Waals surface area contributed by atoms with Crippen molar-refractivity contribution in [1.29, 1.82) is 0 Å². The summed E-state index contributed by atoms with van der Waals surface area (Å²) in [5, 5.41) is 6.13. The largest absolute Gasteiger partial charge is 0.369 e. The van der Waals surface area contributed by atoms with Gasteiger partial charge in [-0.05, 0) is 50.3 Å². The number of carbonyl (C=O) groups excluding carboxylic acids is 1. The summed E-state index contributed by atoms with van der Waals surface area (Å²) in [7, 11) is 0. The van der Waals surface area contributed by atoms with Crippen LogP contribution in [0.3, 0.4) is 0 Å². The van der Waals surface area contributed by atoms with E-state index < -0.39 is 0 Å². The Kier molecular flexibility index (Phi) is 7.17. The molecule has 2 heterocycles. The van der Waals surface area contributed by atoms with E-state index in [-0.39, 0.29) is 5.91 Å². The van der Waals surface area contributed by atoms with E-state index in [0.717, 1.165) is 32.6 Å². The van der Waals surface area contributed by atoms with Gasteiger partial charge in [0.2, 0.25) is 0 Å². The molecule has 0 saturated heterocycles. The van der Waals surface area contributed by atoms with Crippen molar-refractivity contribution < 1.29 is 4.79 Å². The Bertz CT molecular complexity index is 628. The maximum Gasteiger partial charge on any atom is 0.259 e. The van der Waals surface area contributed by atoms with E-state index in [0.29, 0.717) is 17.1 Å². The van der Waals surface area contributed by atoms with Crippen LogP contribution in [0, 0.1) is 0 Å². The summed E-state index contributed by atoms with van der Waals surface area (Å²) in [6, 6.07) is 7.05. The smallest absolute Gasteiger partial charge is 0.259 e. The summed E-state index contributed by atoms with van der Waals surface area (Å²) in [6.45, 7) is 8.25. The first-order chi connectivity index (χ1) is 11.7. The zero-order valence-electron chi connectivity index (χ0n) is 14.3. The van der Waals surface area contributed by atoms with E-state index in [9.17, 15) is 4.79 Å². The lowest BCUT2D eigenvalue weighted by Gasteiger charge is -2.18. The SMILES string of the molecule is CCN(CC)CCCNc1ncccc1C(=O)Nc1ccncc1. The van der Waals surface area contributed by atoms with E-state index in [1.165, 1.54) is 0 Å².